The van der Waals surface area contributed by atoms with Gasteiger partial charge in [0, 0.05) is 18.7 Å². The van der Waals surface area contributed by atoms with Crippen LogP contribution in [0.15, 0.2) is 4.60 Å². The lowest BCUT2D eigenvalue weighted by Gasteiger charge is -2.04. The van der Waals surface area contributed by atoms with Gasteiger partial charge in [-0.3, -0.25) is 4.68 Å². The van der Waals surface area contributed by atoms with Crippen molar-refractivity contribution < 1.29 is 4.74 Å². The van der Waals surface area contributed by atoms with Crippen molar-refractivity contribution in [3.05, 3.63) is 10.2 Å². The summed E-state index contributed by atoms with van der Waals surface area (Å²) in [5, 5.41) is 4.17. The second kappa shape index (κ2) is 4.11. The largest absolute Gasteiger partial charge is 0.480 e. The minimum absolute atomic E-state index is 0.106. The summed E-state index contributed by atoms with van der Waals surface area (Å²) in [5.74, 6) is 0.645. The first-order valence-corrected chi connectivity index (χ1v) is 4.86. The zero-order valence-electron chi connectivity index (χ0n) is 8.04. The number of hydrogen-bond acceptors (Lipinski definition) is 3. The van der Waals surface area contributed by atoms with Crippen molar-refractivity contribution in [2.75, 3.05) is 7.11 Å². The second-order valence-electron chi connectivity index (χ2n) is 3.08. The van der Waals surface area contributed by atoms with Crippen LogP contribution in [0.25, 0.3) is 0 Å². The molecule has 13 heavy (non-hydrogen) atoms. The van der Waals surface area contributed by atoms with Crippen molar-refractivity contribution in [3.8, 4) is 5.88 Å². The fraction of sp³-hybridized carbons (Fsp3) is 0.625. The maximum Gasteiger partial charge on any atom is 0.236 e. The zero-order chi connectivity index (χ0) is 10.0. The number of nitrogens with two attached hydrogens (primary N) is 1. The molecular weight excluding hydrogens is 234 g/mol. The Labute approximate surface area is 86.2 Å². The molecule has 1 aromatic heterocycles. The first kappa shape index (κ1) is 10.5. The van der Waals surface area contributed by atoms with E-state index in [0.29, 0.717) is 5.88 Å². The van der Waals surface area contributed by atoms with Gasteiger partial charge in [0.15, 0.2) is 0 Å². The second-order valence-corrected chi connectivity index (χ2v) is 3.83. The van der Waals surface area contributed by atoms with E-state index in [4.69, 9.17) is 10.5 Å². The van der Waals surface area contributed by atoms with Crippen molar-refractivity contribution in [3.63, 3.8) is 0 Å². The van der Waals surface area contributed by atoms with Gasteiger partial charge in [0.25, 0.3) is 0 Å². The number of methoxy groups -OCH3 is 1. The minimum Gasteiger partial charge on any atom is -0.480 e. The van der Waals surface area contributed by atoms with Crippen molar-refractivity contribution in [2.45, 2.75) is 19.4 Å². The molecule has 0 aliphatic carbocycles. The van der Waals surface area contributed by atoms with Gasteiger partial charge in [-0.2, -0.15) is 0 Å². The highest BCUT2D eigenvalue weighted by Gasteiger charge is 2.15. The van der Waals surface area contributed by atoms with E-state index in [1.165, 1.54) is 0 Å². The lowest BCUT2D eigenvalue weighted by molar-refractivity contribution is 0.387. The Balaban J connectivity index is 3.01. The number of rotatable bonds is 3. The molecule has 1 rings (SSSR count). The van der Waals surface area contributed by atoms with Crippen molar-refractivity contribution in [1.82, 2.24) is 9.78 Å². The van der Waals surface area contributed by atoms with E-state index < -0.39 is 0 Å². The maximum atomic E-state index is 5.71. The molecule has 0 bridgehead atoms. The summed E-state index contributed by atoms with van der Waals surface area (Å²) >= 11 is 3.44. The highest BCUT2D eigenvalue weighted by molar-refractivity contribution is 9.10. The molecule has 0 amide bonds. The summed E-state index contributed by atoms with van der Waals surface area (Å²) in [6, 6.07) is 0.106. The van der Waals surface area contributed by atoms with Crippen LogP contribution in [0.4, 0.5) is 0 Å². The molecule has 2 N–H and O–H groups in total. The van der Waals surface area contributed by atoms with Gasteiger partial charge >= 0.3 is 0 Å². The fourth-order valence-corrected chi connectivity index (χ4v) is 1.59. The van der Waals surface area contributed by atoms with Crippen LogP contribution in [0.1, 0.15) is 12.5 Å². The molecule has 0 aromatic carbocycles. The molecule has 1 unspecified atom stereocenters. The number of hydrogen-bond donors (Lipinski definition) is 1. The van der Waals surface area contributed by atoms with Crippen LogP contribution in [-0.4, -0.2) is 22.9 Å². The van der Waals surface area contributed by atoms with Crippen LogP contribution < -0.4 is 10.5 Å². The Morgan fingerprint density at radius 3 is 2.77 bits per heavy atom. The van der Waals surface area contributed by atoms with Gasteiger partial charge in [-0.1, -0.05) is 0 Å². The Bertz CT molecular complexity index is 296. The van der Waals surface area contributed by atoms with E-state index in [1.54, 1.807) is 11.8 Å². The van der Waals surface area contributed by atoms with Crippen LogP contribution in [0.2, 0.25) is 0 Å². The summed E-state index contributed by atoms with van der Waals surface area (Å²) in [6.07, 6.45) is 0.762. The smallest absolute Gasteiger partial charge is 0.236 e. The Kier molecular flexibility index (Phi) is 3.33. The van der Waals surface area contributed by atoms with Gasteiger partial charge in [-0.15, -0.1) is 5.10 Å². The topological polar surface area (TPSA) is 53.1 Å². The summed E-state index contributed by atoms with van der Waals surface area (Å²) in [6.45, 7) is 1.96. The zero-order valence-corrected chi connectivity index (χ0v) is 9.63. The molecule has 5 heteroatoms. The molecule has 0 aliphatic heterocycles. The van der Waals surface area contributed by atoms with Crippen LogP contribution >= 0.6 is 15.9 Å². The minimum atomic E-state index is 0.106. The fourth-order valence-electron chi connectivity index (χ4n) is 1.18. The summed E-state index contributed by atoms with van der Waals surface area (Å²) in [7, 11) is 3.47. The van der Waals surface area contributed by atoms with Gasteiger partial charge in [-0.05, 0) is 29.3 Å². The SMILES string of the molecule is COc1nn(C)c(Br)c1CC(C)N. The average molecular weight is 248 g/mol. The maximum absolute atomic E-state index is 5.71. The van der Waals surface area contributed by atoms with Crippen LogP contribution in [0.5, 0.6) is 5.88 Å². The number of halogens is 1. The van der Waals surface area contributed by atoms with Gasteiger partial charge in [0.2, 0.25) is 5.88 Å². The monoisotopic (exact) mass is 247 g/mol. The predicted octanol–water partition coefficient (Wildman–Crippen LogP) is 1.08. The molecule has 0 radical (unpaired) electrons. The van der Waals surface area contributed by atoms with E-state index in [1.807, 2.05) is 14.0 Å². The van der Waals surface area contributed by atoms with E-state index >= 15 is 0 Å². The van der Waals surface area contributed by atoms with E-state index in [-0.39, 0.29) is 6.04 Å². The molecule has 0 saturated heterocycles. The van der Waals surface area contributed by atoms with E-state index in [2.05, 4.69) is 21.0 Å². The predicted molar refractivity (Wildman–Crippen MR) is 54.8 cm³/mol. The normalized spacial score (nSPS) is 13.0. The highest BCUT2D eigenvalue weighted by atomic mass is 79.9. The third kappa shape index (κ3) is 2.22. The number of nitrogens with zero attached hydrogens (tertiary/aromatic N) is 2. The van der Waals surface area contributed by atoms with Gasteiger partial charge in [-0.25, -0.2) is 0 Å². The van der Waals surface area contributed by atoms with Crippen LogP contribution in [0.3, 0.4) is 0 Å². The van der Waals surface area contributed by atoms with E-state index in [9.17, 15) is 0 Å². The lowest BCUT2D eigenvalue weighted by atomic mass is 10.1. The summed E-state index contributed by atoms with van der Waals surface area (Å²) < 4.78 is 7.80. The molecule has 1 atom stereocenters. The van der Waals surface area contributed by atoms with Crippen molar-refractivity contribution >= 4 is 15.9 Å². The van der Waals surface area contributed by atoms with Gasteiger partial charge < -0.3 is 10.5 Å². The van der Waals surface area contributed by atoms with Crippen LogP contribution in [0, 0.1) is 0 Å². The van der Waals surface area contributed by atoms with Gasteiger partial charge in [0.1, 0.15) is 4.60 Å². The standard InChI is InChI=1S/C8H14BrN3O/c1-5(10)4-6-7(9)12(2)11-8(6)13-3/h5H,4,10H2,1-3H3. The average Bonchev–Trinajstić information content (AvgIpc) is 2.31. The first-order chi connectivity index (χ1) is 6.06. The molecule has 0 saturated carbocycles. The molecular formula is C8H14BrN3O. The number of ether oxygens (including phenoxy) is 1. The summed E-state index contributed by atoms with van der Waals surface area (Å²) in [5.41, 5.74) is 6.74. The summed E-state index contributed by atoms with van der Waals surface area (Å²) in [4.78, 5) is 0. The quantitative estimate of drug-likeness (QED) is 0.870. The highest BCUT2D eigenvalue weighted by Crippen LogP contribution is 2.26. The van der Waals surface area contributed by atoms with E-state index in [0.717, 1.165) is 16.6 Å². The van der Waals surface area contributed by atoms with Crippen molar-refractivity contribution in [1.29, 1.82) is 0 Å². The van der Waals surface area contributed by atoms with Gasteiger partial charge in [0.05, 0.1) is 7.11 Å². The third-order valence-electron chi connectivity index (χ3n) is 1.75. The number of aromatic nitrogens is 2. The van der Waals surface area contributed by atoms with Crippen LogP contribution in [-0.2, 0) is 13.5 Å². The molecule has 1 aromatic rings. The Morgan fingerprint density at radius 1 is 1.69 bits per heavy atom. The number of aryl methyl sites for hydroxylation is 1. The molecule has 74 valence electrons. The molecule has 0 fully saturated rings. The first-order valence-electron chi connectivity index (χ1n) is 4.07. The third-order valence-corrected chi connectivity index (χ3v) is 2.74. The molecule has 0 spiro atoms. The molecule has 0 aliphatic rings. The Hall–Kier alpha value is -0.550. The molecule has 4 nitrogen and oxygen atoms in total. The molecule has 1 heterocycles. The Morgan fingerprint density at radius 2 is 2.31 bits per heavy atom. The lowest BCUT2D eigenvalue weighted by Crippen LogP contribution is -2.18. The van der Waals surface area contributed by atoms with Crippen molar-refractivity contribution in [2.24, 2.45) is 12.8 Å².